The van der Waals surface area contributed by atoms with Gasteiger partial charge in [0.1, 0.15) is 5.69 Å². The van der Waals surface area contributed by atoms with E-state index in [9.17, 15) is 14.9 Å². The van der Waals surface area contributed by atoms with Crippen LogP contribution in [-0.2, 0) is 11.2 Å². The van der Waals surface area contributed by atoms with E-state index >= 15 is 0 Å². The second kappa shape index (κ2) is 10.8. The third-order valence-electron chi connectivity index (χ3n) is 6.05. The number of aromatic nitrogens is 1. The zero-order chi connectivity index (χ0) is 24.0. The van der Waals surface area contributed by atoms with Gasteiger partial charge in [-0.05, 0) is 56.4 Å². The van der Waals surface area contributed by atoms with Crippen molar-refractivity contribution in [3.05, 3.63) is 81.3 Å². The van der Waals surface area contributed by atoms with Crippen LogP contribution >= 0.6 is 0 Å². The molecule has 0 aliphatic carbocycles. The Morgan fingerprint density at radius 3 is 2.30 bits per heavy atom. The maximum Gasteiger partial charge on any atom is 0.279 e. The molecule has 5 heteroatoms. The summed E-state index contributed by atoms with van der Waals surface area (Å²) in [4.78, 5) is 26.3. The lowest BCUT2D eigenvalue weighted by Gasteiger charge is -2.23. The number of benzene rings is 2. The van der Waals surface area contributed by atoms with Crippen molar-refractivity contribution in [1.29, 1.82) is 5.26 Å². The topological polar surface area (TPSA) is 74.9 Å². The Morgan fingerprint density at radius 1 is 0.970 bits per heavy atom. The van der Waals surface area contributed by atoms with Crippen LogP contribution in [0.25, 0.3) is 16.8 Å². The molecular formula is C28H31N3O2. The predicted octanol–water partition coefficient (Wildman–Crippen LogP) is 6.07. The number of carbonyl (C=O) groups is 1. The van der Waals surface area contributed by atoms with Gasteiger partial charge in [0, 0.05) is 23.2 Å². The molecule has 0 fully saturated rings. The number of rotatable bonds is 8. The van der Waals surface area contributed by atoms with Gasteiger partial charge in [-0.2, -0.15) is 5.26 Å². The van der Waals surface area contributed by atoms with Crippen molar-refractivity contribution in [2.24, 2.45) is 0 Å². The van der Waals surface area contributed by atoms with Crippen molar-refractivity contribution in [2.75, 3.05) is 5.32 Å². The summed E-state index contributed by atoms with van der Waals surface area (Å²) in [5, 5.41) is 12.5. The Morgan fingerprint density at radius 2 is 1.64 bits per heavy atom. The van der Waals surface area contributed by atoms with Crippen LogP contribution in [-0.4, -0.2) is 10.5 Å². The zero-order valence-corrected chi connectivity index (χ0v) is 19.9. The number of carbonyl (C=O) groups excluding carboxylic acids is 1. The quantitative estimate of drug-likeness (QED) is 0.461. The molecule has 2 aromatic carbocycles. The Balaban J connectivity index is 2.35. The molecule has 1 N–H and O–H groups in total. The monoisotopic (exact) mass is 441 g/mol. The van der Waals surface area contributed by atoms with Gasteiger partial charge in [0.05, 0.1) is 17.3 Å². The maximum absolute atomic E-state index is 13.9. The second-order valence-corrected chi connectivity index (χ2v) is 8.29. The fraction of sp³-hybridized carbons (Fsp3) is 0.321. The second-order valence-electron chi connectivity index (χ2n) is 8.29. The molecule has 33 heavy (non-hydrogen) atoms. The van der Waals surface area contributed by atoms with Crippen molar-refractivity contribution in [2.45, 2.75) is 59.8 Å². The van der Waals surface area contributed by atoms with E-state index in [0.29, 0.717) is 29.8 Å². The molecule has 0 saturated heterocycles. The van der Waals surface area contributed by atoms with Gasteiger partial charge >= 0.3 is 0 Å². The van der Waals surface area contributed by atoms with Crippen LogP contribution in [0.15, 0.2) is 53.3 Å². The molecule has 1 heterocycles. The highest BCUT2D eigenvalue weighted by Crippen LogP contribution is 2.31. The van der Waals surface area contributed by atoms with Crippen LogP contribution in [0.4, 0.5) is 5.69 Å². The number of nitriles is 1. The first kappa shape index (κ1) is 24.0. The molecule has 3 rings (SSSR count). The van der Waals surface area contributed by atoms with Gasteiger partial charge in [-0.1, -0.05) is 56.7 Å². The number of nitrogens with zero attached hydrogens (tertiary/aromatic N) is 2. The van der Waals surface area contributed by atoms with Gasteiger partial charge in [-0.3, -0.25) is 14.2 Å². The molecular weight excluding hydrogens is 410 g/mol. The fourth-order valence-corrected chi connectivity index (χ4v) is 4.15. The summed E-state index contributed by atoms with van der Waals surface area (Å²) in [6.45, 7) is 7.97. The molecule has 1 amide bonds. The molecule has 0 spiro atoms. The van der Waals surface area contributed by atoms with E-state index < -0.39 is 0 Å². The first-order valence-electron chi connectivity index (χ1n) is 11.6. The molecule has 1 aromatic heterocycles. The highest BCUT2D eigenvalue weighted by Gasteiger charge is 2.21. The number of unbranched alkanes of at least 4 members (excludes halogenated alkanes) is 1. The average Bonchev–Trinajstić information content (AvgIpc) is 2.83. The molecule has 0 aliphatic heterocycles. The van der Waals surface area contributed by atoms with E-state index in [-0.39, 0.29) is 11.5 Å². The number of para-hydroxylation sites is 1. The van der Waals surface area contributed by atoms with Gasteiger partial charge in [-0.25, -0.2) is 0 Å². The number of amides is 1. The number of anilines is 1. The number of pyridine rings is 1. The number of hydrogen-bond acceptors (Lipinski definition) is 3. The summed E-state index contributed by atoms with van der Waals surface area (Å²) >= 11 is 0. The van der Waals surface area contributed by atoms with Crippen molar-refractivity contribution in [3.8, 4) is 22.9 Å². The summed E-state index contributed by atoms with van der Waals surface area (Å²) in [6, 6.07) is 17.3. The van der Waals surface area contributed by atoms with Crippen molar-refractivity contribution < 1.29 is 4.79 Å². The van der Waals surface area contributed by atoms with Crippen LogP contribution in [0, 0.1) is 25.2 Å². The summed E-state index contributed by atoms with van der Waals surface area (Å²) in [7, 11) is 0. The first-order valence-corrected chi connectivity index (χ1v) is 11.6. The van der Waals surface area contributed by atoms with Crippen molar-refractivity contribution >= 4 is 11.6 Å². The molecule has 3 aromatic rings. The number of nitrogens with one attached hydrogen (secondary N) is 1. The predicted molar refractivity (Wildman–Crippen MR) is 134 cm³/mol. The number of hydrogen-bond donors (Lipinski definition) is 1. The lowest BCUT2D eigenvalue weighted by molar-refractivity contribution is -0.116. The highest BCUT2D eigenvalue weighted by molar-refractivity contribution is 5.91. The van der Waals surface area contributed by atoms with E-state index in [1.165, 1.54) is 0 Å². The van der Waals surface area contributed by atoms with E-state index in [0.717, 1.165) is 47.2 Å². The SMILES string of the molecule is CCCCc1c(C)c(C)c(NC(=O)CCC)c(=O)n1-c1ccccc1-c1ccccc1C#N. The van der Waals surface area contributed by atoms with Crippen LogP contribution < -0.4 is 10.9 Å². The molecule has 170 valence electrons. The summed E-state index contributed by atoms with van der Waals surface area (Å²) in [5.74, 6) is -0.159. The van der Waals surface area contributed by atoms with Gasteiger partial charge in [0.15, 0.2) is 0 Å². The largest absolute Gasteiger partial charge is 0.321 e. The molecule has 0 unspecified atom stereocenters. The molecule has 0 saturated carbocycles. The third-order valence-corrected chi connectivity index (χ3v) is 6.05. The minimum Gasteiger partial charge on any atom is -0.321 e. The lowest BCUT2D eigenvalue weighted by atomic mass is 9.97. The molecule has 0 atom stereocenters. The van der Waals surface area contributed by atoms with Crippen LogP contribution in [0.5, 0.6) is 0 Å². The minimum absolute atomic E-state index is 0.159. The van der Waals surface area contributed by atoms with Gasteiger partial charge in [0.25, 0.3) is 5.56 Å². The van der Waals surface area contributed by atoms with E-state index in [1.807, 2.05) is 63.2 Å². The summed E-state index contributed by atoms with van der Waals surface area (Å²) in [5.41, 5.74) is 5.68. The summed E-state index contributed by atoms with van der Waals surface area (Å²) in [6.07, 6.45) is 3.76. The molecule has 0 aliphatic rings. The third kappa shape index (κ3) is 4.90. The fourth-order valence-electron chi connectivity index (χ4n) is 4.15. The maximum atomic E-state index is 13.9. The molecule has 0 bridgehead atoms. The van der Waals surface area contributed by atoms with Gasteiger partial charge < -0.3 is 5.32 Å². The van der Waals surface area contributed by atoms with Crippen LogP contribution in [0.1, 0.15) is 61.9 Å². The zero-order valence-electron chi connectivity index (χ0n) is 19.9. The highest BCUT2D eigenvalue weighted by atomic mass is 16.2. The van der Waals surface area contributed by atoms with Gasteiger partial charge in [0.2, 0.25) is 5.91 Å². The Bertz CT molecular complexity index is 1270. The molecule has 0 radical (unpaired) electrons. The van der Waals surface area contributed by atoms with E-state index in [4.69, 9.17) is 0 Å². The van der Waals surface area contributed by atoms with Crippen molar-refractivity contribution in [1.82, 2.24) is 4.57 Å². The Kier molecular flexibility index (Phi) is 7.84. The van der Waals surface area contributed by atoms with Crippen LogP contribution in [0.2, 0.25) is 0 Å². The van der Waals surface area contributed by atoms with E-state index in [2.05, 4.69) is 18.3 Å². The minimum atomic E-state index is -0.240. The van der Waals surface area contributed by atoms with E-state index in [1.54, 1.807) is 10.6 Å². The van der Waals surface area contributed by atoms with Crippen LogP contribution in [0.3, 0.4) is 0 Å². The average molecular weight is 442 g/mol. The van der Waals surface area contributed by atoms with Crippen molar-refractivity contribution in [3.63, 3.8) is 0 Å². The molecule has 5 nitrogen and oxygen atoms in total. The normalized spacial score (nSPS) is 10.6. The smallest absolute Gasteiger partial charge is 0.279 e. The first-order chi connectivity index (χ1) is 15.9. The Hall–Kier alpha value is -3.65. The lowest BCUT2D eigenvalue weighted by Crippen LogP contribution is -2.30. The summed E-state index contributed by atoms with van der Waals surface area (Å²) < 4.78 is 1.74. The standard InChI is InChI=1S/C28H31N3O2/c1-5-7-16-24-19(3)20(4)27(30-26(32)12-6-2)28(33)31(24)25-17-11-10-15-23(25)22-14-9-8-13-21(22)18-29/h8-11,13-15,17H,5-7,12,16H2,1-4H3,(H,30,32). The van der Waals surface area contributed by atoms with Gasteiger partial charge in [-0.15, -0.1) is 0 Å². The Labute approximate surface area is 195 Å².